The van der Waals surface area contributed by atoms with E-state index in [1.807, 2.05) is 62.3 Å². The lowest BCUT2D eigenvalue weighted by atomic mass is 10.1. The minimum atomic E-state index is -0.718. The van der Waals surface area contributed by atoms with Crippen molar-refractivity contribution < 1.29 is 14.0 Å². The zero-order valence-electron chi connectivity index (χ0n) is 16.7. The molecule has 0 saturated heterocycles. The highest BCUT2D eigenvalue weighted by Gasteiger charge is 2.18. The third-order valence-electron chi connectivity index (χ3n) is 4.45. The maximum atomic E-state index is 12.9. The maximum Gasteiger partial charge on any atom is 0.309 e. The summed E-state index contributed by atoms with van der Waals surface area (Å²) in [5.74, 6) is -1.76. The average Bonchev–Trinajstić information content (AvgIpc) is 2.67. The Balaban J connectivity index is 1.90. The van der Waals surface area contributed by atoms with Gasteiger partial charge in [0.15, 0.2) is 0 Å². The average molecular weight is 386 g/mol. The minimum Gasteiger partial charge on any atom is -0.378 e. The largest absolute Gasteiger partial charge is 0.378 e. The zero-order chi connectivity index (χ0) is 20.7. The number of hydrogen-bond acceptors (Lipinski definition) is 4. The summed E-state index contributed by atoms with van der Waals surface area (Å²) < 4.78 is 12.9. The molecule has 6 nitrogen and oxygen atoms in total. The van der Waals surface area contributed by atoms with Crippen LogP contribution in [-0.4, -0.2) is 51.4 Å². The Kier molecular flexibility index (Phi) is 7.52. The molecule has 2 aromatic carbocycles. The SMILES string of the molecule is CN(C)c1ccc([C@@H](CNC(=O)C(=O)NCc2ccc(F)cc2)N(C)C)cc1. The normalized spacial score (nSPS) is 11.8. The second kappa shape index (κ2) is 9.85. The number of nitrogens with one attached hydrogen (secondary N) is 2. The van der Waals surface area contributed by atoms with Crippen molar-refractivity contribution in [1.29, 1.82) is 0 Å². The number of halogens is 1. The third-order valence-corrected chi connectivity index (χ3v) is 4.45. The highest BCUT2D eigenvalue weighted by atomic mass is 19.1. The number of amides is 2. The Morgan fingerprint density at radius 3 is 2.00 bits per heavy atom. The first-order chi connectivity index (χ1) is 13.3. The van der Waals surface area contributed by atoms with Gasteiger partial charge in [0.2, 0.25) is 0 Å². The third kappa shape index (κ3) is 6.06. The zero-order valence-corrected chi connectivity index (χ0v) is 16.7. The highest BCUT2D eigenvalue weighted by Crippen LogP contribution is 2.20. The van der Waals surface area contributed by atoms with Crippen molar-refractivity contribution in [2.45, 2.75) is 12.6 Å². The summed E-state index contributed by atoms with van der Waals surface area (Å²) in [7, 11) is 7.79. The predicted molar refractivity (Wildman–Crippen MR) is 108 cm³/mol. The van der Waals surface area contributed by atoms with E-state index < -0.39 is 11.8 Å². The Morgan fingerprint density at radius 1 is 0.893 bits per heavy atom. The summed E-state index contributed by atoms with van der Waals surface area (Å²) >= 11 is 0. The van der Waals surface area contributed by atoms with Crippen LogP contribution in [0.2, 0.25) is 0 Å². The predicted octanol–water partition coefficient (Wildman–Crippen LogP) is 1.93. The Bertz CT molecular complexity index is 789. The quantitative estimate of drug-likeness (QED) is 0.714. The molecule has 0 fully saturated rings. The summed E-state index contributed by atoms with van der Waals surface area (Å²) in [5.41, 5.74) is 2.85. The van der Waals surface area contributed by atoms with E-state index in [2.05, 4.69) is 10.6 Å². The van der Waals surface area contributed by atoms with E-state index in [1.165, 1.54) is 12.1 Å². The number of likely N-dealkylation sites (N-methyl/N-ethyl adjacent to an activating group) is 1. The molecule has 0 bridgehead atoms. The molecule has 1 atom stereocenters. The van der Waals surface area contributed by atoms with Crippen LogP contribution in [0, 0.1) is 5.82 Å². The van der Waals surface area contributed by atoms with Crippen molar-refractivity contribution in [1.82, 2.24) is 15.5 Å². The van der Waals surface area contributed by atoms with Gasteiger partial charge >= 0.3 is 11.8 Å². The van der Waals surface area contributed by atoms with Gasteiger partial charge < -0.3 is 20.4 Å². The molecule has 28 heavy (non-hydrogen) atoms. The summed E-state index contributed by atoms with van der Waals surface area (Å²) in [4.78, 5) is 28.1. The van der Waals surface area contributed by atoms with E-state index in [1.54, 1.807) is 12.1 Å². The van der Waals surface area contributed by atoms with Crippen LogP contribution in [0.25, 0.3) is 0 Å². The lowest BCUT2D eigenvalue weighted by Crippen LogP contribution is -2.42. The number of rotatable bonds is 7. The van der Waals surface area contributed by atoms with Gasteiger partial charge in [-0.15, -0.1) is 0 Å². The lowest BCUT2D eigenvalue weighted by Gasteiger charge is -2.25. The first-order valence-electron chi connectivity index (χ1n) is 9.02. The Hall–Kier alpha value is -2.93. The summed E-state index contributed by atoms with van der Waals surface area (Å²) in [6.07, 6.45) is 0. The number of benzene rings is 2. The first-order valence-corrected chi connectivity index (χ1v) is 9.02. The van der Waals surface area contributed by atoms with Gasteiger partial charge in [0.1, 0.15) is 5.82 Å². The topological polar surface area (TPSA) is 64.7 Å². The molecular weight excluding hydrogens is 359 g/mol. The maximum absolute atomic E-state index is 12.9. The fraction of sp³-hybridized carbons (Fsp3) is 0.333. The molecule has 2 rings (SSSR count). The number of carbonyl (C=O) groups excluding carboxylic acids is 2. The fourth-order valence-electron chi connectivity index (χ4n) is 2.73. The number of anilines is 1. The molecule has 0 aliphatic rings. The van der Waals surface area contributed by atoms with E-state index >= 15 is 0 Å². The Morgan fingerprint density at radius 2 is 1.46 bits per heavy atom. The summed E-state index contributed by atoms with van der Waals surface area (Å²) in [6, 6.07) is 13.7. The molecular formula is C21H27FN4O2. The summed E-state index contributed by atoms with van der Waals surface area (Å²) in [6.45, 7) is 0.465. The van der Waals surface area contributed by atoms with Crippen LogP contribution in [0.4, 0.5) is 10.1 Å². The van der Waals surface area contributed by atoms with Crippen LogP contribution in [0.3, 0.4) is 0 Å². The smallest absolute Gasteiger partial charge is 0.309 e. The highest BCUT2D eigenvalue weighted by molar-refractivity contribution is 6.35. The van der Waals surface area contributed by atoms with Gasteiger partial charge in [-0.2, -0.15) is 0 Å². The molecule has 0 aliphatic heterocycles. The van der Waals surface area contributed by atoms with Crippen molar-refractivity contribution in [3.63, 3.8) is 0 Å². The van der Waals surface area contributed by atoms with Gasteiger partial charge in [0.05, 0.1) is 6.04 Å². The molecule has 0 saturated carbocycles. The molecule has 0 aromatic heterocycles. The van der Waals surface area contributed by atoms with Crippen LogP contribution in [-0.2, 0) is 16.1 Å². The molecule has 2 aromatic rings. The fourth-order valence-corrected chi connectivity index (χ4v) is 2.73. The van der Waals surface area contributed by atoms with Crippen LogP contribution >= 0.6 is 0 Å². The van der Waals surface area contributed by atoms with Gasteiger partial charge in [-0.1, -0.05) is 24.3 Å². The van der Waals surface area contributed by atoms with Crippen molar-refractivity contribution in [3.8, 4) is 0 Å². The number of nitrogens with zero attached hydrogens (tertiary/aromatic N) is 2. The Labute approximate surface area is 165 Å². The number of carbonyl (C=O) groups is 2. The lowest BCUT2D eigenvalue weighted by molar-refractivity contribution is -0.139. The second-order valence-corrected chi connectivity index (χ2v) is 6.98. The van der Waals surface area contributed by atoms with Crippen molar-refractivity contribution in [2.24, 2.45) is 0 Å². The van der Waals surface area contributed by atoms with Gasteiger partial charge in [-0.3, -0.25) is 9.59 Å². The molecule has 0 aliphatic carbocycles. The van der Waals surface area contributed by atoms with Crippen LogP contribution in [0.15, 0.2) is 48.5 Å². The first kappa shape index (κ1) is 21.4. The standard InChI is InChI=1S/C21H27FN4O2/c1-25(2)18-11-7-16(8-12-18)19(26(3)4)14-24-21(28)20(27)23-13-15-5-9-17(22)10-6-15/h5-12,19H,13-14H2,1-4H3,(H,23,27)(H,24,28)/t19-/m1/s1. The molecule has 2 amide bonds. The monoisotopic (exact) mass is 386 g/mol. The van der Waals surface area contributed by atoms with Crippen LogP contribution < -0.4 is 15.5 Å². The van der Waals surface area contributed by atoms with Crippen molar-refractivity contribution in [2.75, 3.05) is 39.6 Å². The van der Waals surface area contributed by atoms with Gasteiger partial charge in [0, 0.05) is 32.9 Å². The van der Waals surface area contributed by atoms with E-state index in [-0.39, 0.29) is 18.4 Å². The second-order valence-electron chi connectivity index (χ2n) is 6.98. The number of hydrogen-bond donors (Lipinski definition) is 2. The van der Waals surface area contributed by atoms with Crippen LogP contribution in [0.5, 0.6) is 0 Å². The van der Waals surface area contributed by atoms with Gasteiger partial charge in [0.25, 0.3) is 0 Å². The molecule has 150 valence electrons. The molecule has 0 spiro atoms. The van der Waals surface area contributed by atoms with E-state index in [9.17, 15) is 14.0 Å². The molecule has 7 heteroatoms. The van der Waals surface area contributed by atoms with Crippen molar-refractivity contribution >= 4 is 17.5 Å². The molecule has 2 N–H and O–H groups in total. The van der Waals surface area contributed by atoms with Gasteiger partial charge in [-0.05, 0) is 49.5 Å². The van der Waals surface area contributed by atoms with Crippen molar-refractivity contribution in [3.05, 3.63) is 65.5 Å². The molecule has 0 unspecified atom stereocenters. The summed E-state index contributed by atoms with van der Waals surface area (Å²) in [5, 5.41) is 5.22. The molecule has 0 heterocycles. The minimum absolute atomic E-state index is 0.0648. The van der Waals surface area contributed by atoms with E-state index in [4.69, 9.17) is 0 Å². The van der Waals surface area contributed by atoms with Gasteiger partial charge in [-0.25, -0.2) is 4.39 Å². The van der Waals surface area contributed by atoms with E-state index in [0.717, 1.165) is 16.8 Å². The van der Waals surface area contributed by atoms with E-state index in [0.29, 0.717) is 6.54 Å². The molecule has 0 radical (unpaired) electrons. The van der Waals surface area contributed by atoms with Crippen LogP contribution in [0.1, 0.15) is 17.2 Å².